The Labute approximate surface area is 839 Å². The standard InChI is InChI=1S/C74H117N8O52S2.2Na.H2O/c1-16-22(9-83)118-67(45(104)33(16)92)126-54-31(77-20(5)90)65(121-25(12-86)39(54)98)130-56-43(102)49(108)71(127-52-29(75-18(3)88)63(116-7)119-23(10-84)37(52)96)132-58(56)60(110)79-81-73(114)135-14-27-35(94)41(100)47(106)68(123-27)134-69-48(107)42(101)36(95)28(124-69)15-136-74(115)82-80-61(111)59-57(44(103)50(109)72(133-59)128-53-30(76-19(4)89)64(117-8)120-24(11-85)38(53)97)131-66-32(78-21(6)91)55(40(99)26(13-87)122-66)129-70-46(105)34(93)17(2)51(125-70)62(112)113;;;/h16-17,22-59,63-72,84-87,92-109H,10-15H2,1-8H3,(H,75,88)(H,76,89)(H,77,90)(H,78,91)(H,79,110)(H,80,111)(H,81,114)(H,82,115)(H,112,113);;;1H2/q-1;2*+1;/p-2/t16-,17+,22?,23?,24?,25?,26?,27?,28?,29?,30?,31?,32?,33+,34+,35-,36-,37-,38-,39-,40-,41+,42+,43-,44-,45?,46?,47?,48?,49?,50?,51?,52-,53-,54-,55-,56+,57+,58?,59?,63-,64-,65+,66+,67+,68-,69-,70+,71-,72-;;;/m1.../s1. The van der Waals surface area contributed by atoms with Crippen LogP contribution < -0.4 is 107 Å². The molecule has 10 rings (SSSR count). The minimum absolute atomic E-state index is 0. The SMILES string of the molecule is CO[C@@H]1OC(CO)[C@@H](O)[C@H](O[C@@H]2OC(C(=O)NNC(=O)SCC3O[C@H](O[C@H]4OC(CSC(=O)NNC(=O)C5O[C@@H](O[C@@H]6C(NC(C)=O)[C@H](OC)OC(CO)[C@H]6O)C(O)[C@@H](O)[C@@H]5O[C@@H]5OC(CO)[C@@H](O)[C@H](O[C@@H]6OC(C(=O)[O-])[C@@H](C)[C@H](O)C6O)C5NC(C)=O)[C@@H](O)[C@H](O)C4O)C(O)[C@@H](O)[C@@H]3O)[C@@H](O[C@@H]3OC(CO)[C@@H](O)[C@H](O[C@@H]4OC([C-]=O)[C@@H](C)[C@H](O)C4O)C3NC(C)=O)[C@H](O)C2O)C1NC(C)=O.[Na+].[Na+].[OH-]. The zero-order chi connectivity index (χ0) is 101. The third-order valence-electron chi connectivity index (χ3n) is 23.8. The molecule has 50 atom stereocenters. The molecule has 139 heavy (non-hydrogen) atoms. The third-order valence-corrected chi connectivity index (χ3v) is 25.6. The molecule has 61 nitrogen and oxygen atoms in total. The zero-order valence-corrected chi connectivity index (χ0v) is 81.1. The molecule has 31 N–H and O–H groups in total. The van der Waals surface area contributed by atoms with E-state index in [1.54, 1.807) is 0 Å². The van der Waals surface area contributed by atoms with Gasteiger partial charge in [-0.15, -0.1) is 0 Å². The quantitative estimate of drug-likeness (QED) is 0.0169. The van der Waals surface area contributed by atoms with E-state index in [-0.39, 0.29) is 88.1 Å². The van der Waals surface area contributed by atoms with Crippen molar-refractivity contribution >= 4 is 81.7 Å². The maximum Gasteiger partial charge on any atom is 1.00 e. The Morgan fingerprint density at radius 1 is 0.309 bits per heavy atom. The molecule has 10 aliphatic rings. The van der Waals surface area contributed by atoms with Crippen molar-refractivity contribution in [1.29, 1.82) is 0 Å². The summed E-state index contributed by atoms with van der Waals surface area (Å²) in [5.74, 6) is -12.7. The first-order chi connectivity index (χ1) is 64.2. The number of aliphatic carboxylic acids is 1. The normalized spacial score (nSPS) is 44.5. The van der Waals surface area contributed by atoms with E-state index in [0.717, 1.165) is 41.9 Å². The average molecular weight is 2080 g/mol. The van der Waals surface area contributed by atoms with Crippen LogP contribution in [0.5, 0.6) is 0 Å². The van der Waals surface area contributed by atoms with Crippen molar-refractivity contribution in [2.75, 3.05) is 52.2 Å². The summed E-state index contributed by atoms with van der Waals surface area (Å²) in [6, 6.07) is -7.03. The van der Waals surface area contributed by atoms with Gasteiger partial charge in [0.15, 0.2) is 75.1 Å². The first-order valence-electron chi connectivity index (χ1n) is 42.2. The molecule has 0 aromatic heterocycles. The van der Waals surface area contributed by atoms with Crippen LogP contribution in [0.1, 0.15) is 41.5 Å². The predicted molar refractivity (Wildman–Crippen MR) is 427 cm³/mol. The molecular weight excluding hydrogens is 1960 g/mol. The molecule has 0 aliphatic carbocycles. The summed E-state index contributed by atoms with van der Waals surface area (Å²) in [5, 5.41) is 265. The molecule has 10 saturated heterocycles. The van der Waals surface area contributed by atoms with Gasteiger partial charge in [0, 0.05) is 59.3 Å². The molecule has 10 fully saturated rings. The van der Waals surface area contributed by atoms with E-state index >= 15 is 0 Å². The van der Waals surface area contributed by atoms with Gasteiger partial charge in [-0.1, -0.05) is 37.4 Å². The number of amides is 8. The van der Waals surface area contributed by atoms with Crippen molar-refractivity contribution in [3.05, 3.63) is 0 Å². The molecule has 10 heterocycles. The number of hydrogen-bond donors (Lipinski definition) is 30. The Morgan fingerprint density at radius 2 is 0.568 bits per heavy atom. The summed E-state index contributed by atoms with van der Waals surface area (Å²) in [4.78, 5) is 132. The molecule has 20 unspecified atom stereocenters. The van der Waals surface area contributed by atoms with E-state index in [1.165, 1.54) is 20.1 Å². The van der Waals surface area contributed by atoms with Gasteiger partial charge in [-0.05, 0) is 12.0 Å². The molecular formula is C74H117N8Na2O53S2-. The van der Waals surface area contributed by atoms with Crippen LogP contribution in [0.25, 0.3) is 0 Å². The molecule has 0 aromatic rings. The van der Waals surface area contributed by atoms with Crippen LogP contribution in [0.3, 0.4) is 0 Å². The Hall–Kier alpha value is -4.08. The third kappa shape index (κ3) is 28.5. The van der Waals surface area contributed by atoms with Gasteiger partial charge in [-0.25, -0.2) is 6.29 Å². The Kier molecular flexibility index (Phi) is 47.5. The first kappa shape index (κ1) is 122. The van der Waals surface area contributed by atoms with Crippen LogP contribution >= 0.6 is 23.5 Å². The number of hydrogen-bond acceptors (Lipinski definition) is 55. The summed E-state index contributed by atoms with van der Waals surface area (Å²) in [7, 11) is 2.18. The van der Waals surface area contributed by atoms with Gasteiger partial charge in [0.25, 0.3) is 22.3 Å². The number of rotatable bonds is 32. The van der Waals surface area contributed by atoms with Gasteiger partial charge in [0.2, 0.25) is 23.6 Å². The number of thioether (sulfide) groups is 2. The molecule has 8 amide bonds. The van der Waals surface area contributed by atoms with Crippen LogP contribution in [-0.4, -0.2) is 523 Å². The number of carbonyl (C=O) groups excluding carboxylic acids is 10. The number of methoxy groups -OCH3 is 2. The molecule has 0 aromatic carbocycles. The van der Waals surface area contributed by atoms with Crippen LogP contribution in [0.4, 0.5) is 9.59 Å². The van der Waals surface area contributed by atoms with Crippen LogP contribution in [0, 0.1) is 11.8 Å². The summed E-state index contributed by atoms with van der Waals surface area (Å²) < 4.78 is 109. The summed E-state index contributed by atoms with van der Waals surface area (Å²) in [6.45, 7) is 2.20. The van der Waals surface area contributed by atoms with Crippen molar-refractivity contribution in [3.63, 3.8) is 0 Å². The van der Waals surface area contributed by atoms with Crippen molar-refractivity contribution < 1.29 is 320 Å². The van der Waals surface area contributed by atoms with Gasteiger partial charge in [0.1, 0.15) is 189 Å². The second kappa shape index (κ2) is 54.2. The second-order valence-electron chi connectivity index (χ2n) is 33.2. The zero-order valence-electron chi connectivity index (χ0n) is 75.5. The number of aliphatic hydroxyl groups excluding tert-OH is 22. The first-order valence-corrected chi connectivity index (χ1v) is 44.2. The summed E-state index contributed by atoms with van der Waals surface area (Å²) in [5.41, 5.74) is 7.76. The van der Waals surface area contributed by atoms with Gasteiger partial charge in [0.05, 0.1) is 56.8 Å². The number of aliphatic hydroxyl groups is 22. The van der Waals surface area contributed by atoms with Crippen LogP contribution in [0.15, 0.2) is 0 Å². The van der Waals surface area contributed by atoms with Gasteiger partial charge in [-0.2, -0.15) is 0 Å². The van der Waals surface area contributed by atoms with Crippen LogP contribution in [-0.2, 0) is 128 Å². The molecule has 0 radical (unpaired) electrons. The molecule has 786 valence electrons. The van der Waals surface area contributed by atoms with Gasteiger partial charge in [-0.3, -0.25) is 60.1 Å². The number of carbonyl (C=O) groups is 9. The molecule has 0 bridgehead atoms. The fraction of sp³-hybridized carbons (Fsp3) is 0.865. The van der Waals surface area contributed by atoms with Crippen molar-refractivity contribution in [3.8, 4) is 0 Å². The minimum Gasteiger partial charge on any atom is -0.870 e. The van der Waals surface area contributed by atoms with E-state index in [4.69, 9.17) is 90.0 Å². The Balaban J connectivity index is 0.00000876. The maximum atomic E-state index is 14.7. The van der Waals surface area contributed by atoms with E-state index in [9.17, 15) is 165 Å². The average Bonchev–Trinajstić information content (AvgIpc) is 0.769. The van der Waals surface area contributed by atoms with E-state index in [1.807, 2.05) is 21.7 Å². The maximum absolute atomic E-state index is 14.7. The van der Waals surface area contributed by atoms with E-state index < -0.39 is 396 Å². The number of hydrazine groups is 2. The van der Waals surface area contributed by atoms with Crippen molar-refractivity contribution in [2.24, 2.45) is 11.8 Å². The summed E-state index contributed by atoms with van der Waals surface area (Å²) >= 11 is 0.243. The van der Waals surface area contributed by atoms with Gasteiger partial charge < -0.3 is 244 Å². The predicted octanol–water partition coefficient (Wildman–Crippen LogP) is -26.7. The fourth-order valence-electron chi connectivity index (χ4n) is 16.5. The van der Waals surface area contributed by atoms with Crippen molar-refractivity contribution in [2.45, 2.75) is 336 Å². The Morgan fingerprint density at radius 3 is 0.863 bits per heavy atom. The smallest absolute Gasteiger partial charge is 0.870 e. The van der Waals surface area contributed by atoms with Crippen LogP contribution in [0.2, 0.25) is 0 Å². The topological polar surface area (TPSA) is 940 Å². The monoisotopic (exact) mass is 2080 g/mol. The largest absolute Gasteiger partial charge is 1.00 e. The van der Waals surface area contributed by atoms with E-state index in [0.29, 0.717) is 0 Å². The summed E-state index contributed by atoms with van der Waals surface area (Å²) in [6.07, 6.45) is -90.7. The fourth-order valence-corrected chi connectivity index (χ4v) is 17.9. The number of nitrogens with one attached hydrogen (secondary N) is 8. The molecule has 0 spiro atoms. The second-order valence-corrected chi connectivity index (χ2v) is 35.2. The number of carboxylic acids is 1. The number of carboxylic acid groups (broad SMARTS) is 1. The molecule has 10 aliphatic heterocycles. The minimum atomic E-state index is -2.55. The molecule has 0 saturated carbocycles. The number of ether oxygens (including phenoxy) is 19. The van der Waals surface area contributed by atoms with Crippen molar-refractivity contribution in [1.82, 2.24) is 43.0 Å². The molecule has 65 heteroatoms. The van der Waals surface area contributed by atoms with Gasteiger partial charge >= 0.3 is 59.1 Å². The van der Waals surface area contributed by atoms with E-state index in [2.05, 4.69) is 21.3 Å². The Bertz CT molecular complexity index is 3970.